The van der Waals surface area contributed by atoms with Gasteiger partial charge in [0.05, 0.1) is 0 Å². The highest BCUT2D eigenvalue weighted by atomic mass is 15.3. The monoisotopic (exact) mass is 256 g/mol. The van der Waals surface area contributed by atoms with Crippen LogP contribution in [0, 0.1) is 0 Å². The molecule has 0 atom stereocenters. The zero-order valence-electron chi connectivity index (χ0n) is 10.6. The van der Waals surface area contributed by atoms with Crippen LogP contribution in [0.25, 0.3) is 0 Å². The predicted octanol–water partition coefficient (Wildman–Crippen LogP) is 0.780. The first-order valence-corrected chi connectivity index (χ1v) is 6.32. The van der Waals surface area contributed by atoms with Crippen LogP contribution >= 0.6 is 0 Å². The van der Waals surface area contributed by atoms with Gasteiger partial charge in [0.2, 0.25) is 5.95 Å². The summed E-state index contributed by atoms with van der Waals surface area (Å²) in [5.74, 6) is 2.25. The Morgan fingerprint density at radius 3 is 2.21 bits per heavy atom. The van der Waals surface area contributed by atoms with Crippen molar-refractivity contribution in [1.29, 1.82) is 0 Å². The third-order valence-corrected chi connectivity index (χ3v) is 3.24. The maximum atomic E-state index is 5.61. The van der Waals surface area contributed by atoms with E-state index >= 15 is 0 Å². The summed E-state index contributed by atoms with van der Waals surface area (Å²) < 4.78 is 0. The van der Waals surface area contributed by atoms with Crippen LogP contribution < -0.4 is 15.5 Å². The second-order valence-corrected chi connectivity index (χ2v) is 4.44. The van der Waals surface area contributed by atoms with E-state index in [1.807, 2.05) is 30.5 Å². The Hall–Kier alpha value is -2.37. The molecule has 6 nitrogen and oxygen atoms in total. The van der Waals surface area contributed by atoms with E-state index in [-0.39, 0.29) is 0 Å². The quantitative estimate of drug-likeness (QED) is 0.856. The van der Waals surface area contributed by atoms with Gasteiger partial charge in [0.1, 0.15) is 11.6 Å². The molecule has 19 heavy (non-hydrogen) atoms. The summed E-state index contributed by atoms with van der Waals surface area (Å²) in [4.78, 5) is 17.0. The fourth-order valence-corrected chi connectivity index (χ4v) is 2.25. The van der Waals surface area contributed by atoms with E-state index in [0.29, 0.717) is 5.95 Å². The van der Waals surface area contributed by atoms with Crippen molar-refractivity contribution < 1.29 is 0 Å². The van der Waals surface area contributed by atoms with Crippen LogP contribution in [-0.2, 0) is 0 Å². The maximum absolute atomic E-state index is 5.61. The minimum absolute atomic E-state index is 0.324. The number of nitrogens with two attached hydrogens (primary N) is 1. The second kappa shape index (κ2) is 5.09. The molecule has 0 aliphatic carbocycles. The summed E-state index contributed by atoms with van der Waals surface area (Å²) in [6.45, 7) is 3.68. The lowest BCUT2D eigenvalue weighted by molar-refractivity contribution is 0.641. The lowest BCUT2D eigenvalue weighted by Crippen LogP contribution is -2.47. The Morgan fingerprint density at radius 1 is 0.842 bits per heavy atom. The van der Waals surface area contributed by atoms with E-state index in [4.69, 9.17) is 5.73 Å². The molecule has 0 amide bonds. The molecule has 0 spiro atoms. The van der Waals surface area contributed by atoms with E-state index in [2.05, 4.69) is 24.8 Å². The third kappa shape index (κ3) is 2.57. The van der Waals surface area contributed by atoms with Crippen LogP contribution in [0.15, 0.2) is 36.7 Å². The van der Waals surface area contributed by atoms with Crippen molar-refractivity contribution in [3.05, 3.63) is 36.7 Å². The molecular weight excluding hydrogens is 240 g/mol. The van der Waals surface area contributed by atoms with Gasteiger partial charge in [0.15, 0.2) is 0 Å². The molecule has 0 bridgehead atoms. The first kappa shape index (κ1) is 11.7. The number of nitrogens with zero attached hydrogens (tertiary/aromatic N) is 5. The van der Waals surface area contributed by atoms with Crippen molar-refractivity contribution in [2.45, 2.75) is 0 Å². The van der Waals surface area contributed by atoms with Gasteiger partial charge in [-0.1, -0.05) is 6.07 Å². The van der Waals surface area contributed by atoms with E-state index in [1.54, 1.807) is 6.20 Å². The number of anilines is 3. The van der Waals surface area contributed by atoms with Crippen LogP contribution in [0.4, 0.5) is 17.6 Å². The number of rotatable bonds is 2. The van der Waals surface area contributed by atoms with Gasteiger partial charge in [0.25, 0.3) is 0 Å². The summed E-state index contributed by atoms with van der Waals surface area (Å²) in [6, 6.07) is 7.88. The molecule has 1 fully saturated rings. The van der Waals surface area contributed by atoms with Gasteiger partial charge in [-0.05, 0) is 18.2 Å². The maximum Gasteiger partial charge on any atom is 0.221 e. The van der Waals surface area contributed by atoms with Gasteiger partial charge < -0.3 is 15.5 Å². The van der Waals surface area contributed by atoms with Crippen molar-refractivity contribution in [3.63, 3.8) is 0 Å². The van der Waals surface area contributed by atoms with E-state index in [9.17, 15) is 0 Å². The summed E-state index contributed by atoms with van der Waals surface area (Å²) in [7, 11) is 0. The summed E-state index contributed by atoms with van der Waals surface area (Å²) in [5.41, 5.74) is 5.61. The molecule has 0 radical (unpaired) electrons. The van der Waals surface area contributed by atoms with Gasteiger partial charge >= 0.3 is 0 Å². The highest BCUT2D eigenvalue weighted by Crippen LogP contribution is 2.17. The number of hydrogen-bond donors (Lipinski definition) is 1. The number of hydrogen-bond acceptors (Lipinski definition) is 6. The van der Waals surface area contributed by atoms with Crippen LogP contribution in [-0.4, -0.2) is 41.1 Å². The summed E-state index contributed by atoms with van der Waals surface area (Å²) in [5, 5.41) is 0. The molecule has 0 saturated carbocycles. The Balaban J connectivity index is 1.67. The van der Waals surface area contributed by atoms with Crippen LogP contribution in [0.1, 0.15) is 0 Å². The topological polar surface area (TPSA) is 71.2 Å². The highest BCUT2D eigenvalue weighted by Gasteiger charge is 2.18. The van der Waals surface area contributed by atoms with E-state index in [1.165, 1.54) is 0 Å². The fraction of sp³-hybridized carbons (Fsp3) is 0.308. The number of aromatic nitrogens is 3. The molecule has 2 aromatic heterocycles. The van der Waals surface area contributed by atoms with Crippen molar-refractivity contribution in [1.82, 2.24) is 15.0 Å². The van der Waals surface area contributed by atoms with Crippen molar-refractivity contribution >= 4 is 17.6 Å². The number of piperazine rings is 1. The lowest BCUT2D eigenvalue weighted by Gasteiger charge is -2.35. The Bertz CT molecular complexity index is 536. The summed E-state index contributed by atoms with van der Waals surface area (Å²) >= 11 is 0. The highest BCUT2D eigenvalue weighted by molar-refractivity contribution is 5.45. The minimum Gasteiger partial charge on any atom is -0.368 e. The van der Waals surface area contributed by atoms with Gasteiger partial charge in [-0.3, -0.25) is 0 Å². The van der Waals surface area contributed by atoms with Crippen LogP contribution in [0.5, 0.6) is 0 Å². The average Bonchev–Trinajstić information content (AvgIpc) is 2.48. The largest absolute Gasteiger partial charge is 0.368 e. The smallest absolute Gasteiger partial charge is 0.221 e. The lowest BCUT2D eigenvalue weighted by atomic mass is 10.3. The van der Waals surface area contributed by atoms with Crippen LogP contribution in [0.3, 0.4) is 0 Å². The first-order chi connectivity index (χ1) is 9.33. The molecule has 3 heterocycles. The molecule has 6 heteroatoms. The van der Waals surface area contributed by atoms with Gasteiger partial charge in [-0.25, -0.2) is 9.97 Å². The zero-order chi connectivity index (χ0) is 13.1. The SMILES string of the molecule is Nc1nccc(N2CCN(c3ccccn3)CC2)n1. The van der Waals surface area contributed by atoms with Gasteiger partial charge in [-0.15, -0.1) is 0 Å². The van der Waals surface area contributed by atoms with Crippen molar-refractivity contribution in [3.8, 4) is 0 Å². The zero-order valence-corrected chi connectivity index (χ0v) is 10.6. The first-order valence-electron chi connectivity index (χ1n) is 6.32. The molecule has 2 aromatic rings. The van der Waals surface area contributed by atoms with E-state index < -0.39 is 0 Å². The molecule has 0 aromatic carbocycles. The Kier molecular flexibility index (Phi) is 3.14. The molecule has 98 valence electrons. The Labute approximate surface area is 111 Å². The standard InChI is InChI=1S/C13H16N6/c14-13-16-6-4-12(17-13)19-9-7-18(8-10-19)11-3-1-2-5-15-11/h1-6H,7-10H2,(H2,14,16,17). The normalized spacial score (nSPS) is 15.6. The van der Waals surface area contributed by atoms with E-state index in [0.717, 1.165) is 37.8 Å². The Morgan fingerprint density at radius 2 is 1.58 bits per heavy atom. The summed E-state index contributed by atoms with van der Waals surface area (Å²) in [6.07, 6.45) is 3.52. The number of nitrogen functional groups attached to an aromatic ring is 1. The van der Waals surface area contributed by atoms with Crippen molar-refractivity contribution in [2.24, 2.45) is 0 Å². The third-order valence-electron chi connectivity index (χ3n) is 3.24. The second-order valence-electron chi connectivity index (χ2n) is 4.44. The molecule has 1 aliphatic rings. The molecular formula is C13H16N6. The molecule has 3 rings (SSSR count). The average molecular weight is 256 g/mol. The molecule has 0 unspecified atom stereocenters. The fourth-order valence-electron chi connectivity index (χ4n) is 2.25. The minimum atomic E-state index is 0.324. The number of pyridine rings is 1. The molecule has 2 N–H and O–H groups in total. The van der Waals surface area contributed by atoms with Gasteiger partial charge in [-0.2, -0.15) is 4.98 Å². The molecule has 1 aliphatic heterocycles. The van der Waals surface area contributed by atoms with Crippen LogP contribution in [0.2, 0.25) is 0 Å². The predicted molar refractivity (Wildman–Crippen MR) is 75.1 cm³/mol. The van der Waals surface area contributed by atoms with Crippen molar-refractivity contribution in [2.75, 3.05) is 41.7 Å². The molecule has 1 saturated heterocycles. The van der Waals surface area contributed by atoms with Gasteiger partial charge in [0, 0.05) is 38.6 Å².